The normalized spacial score (nSPS) is 23.2. The number of aliphatic hydroxyl groups is 1. The Bertz CT molecular complexity index is 1440. The molecular formula is C27H38ClN4O10PS. The second-order valence-corrected chi connectivity index (χ2v) is 14.5. The first-order chi connectivity index (χ1) is 20.7. The Hall–Kier alpha value is -2.49. The highest BCUT2D eigenvalue weighted by Crippen LogP contribution is 2.47. The van der Waals surface area contributed by atoms with Gasteiger partial charge in [0.25, 0.3) is 5.56 Å². The SMILES string of the molecule is COC(=O)NCCC(C)(C)C(=O)SCCO[P@](=O)(NCc1ccccc1)OC[C@H]1O[C@@H](n2ccc(=O)[nH]c2=O)[C@](C)(Cl)[C@@H]1O. The van der Waals surface area contributed by atoms with Crippen LogP contribution in [0.4, 0.5) is 4.79 Å². The minimum Gasteiger partial charge on any atom is -0.453 e. The number of halogens is 1. The number of aromatic amines is 1. The zero-order valence-electron chi connectivity index (χ0n) is 24.8. The number of hydrogen-bond acceptors (Lipinski definition) is 11. The number of benzene rings is 1. The lowest BCUT2D eigenvalue weighted by atomic mass is 9.91. The number of aromatic nitrogens is 2. The number of aliphatic hydroxyl groups excluding tert-OH is 1. The van der Waals surface area contributed by atoms with E-state index in [1.165, 1.54) is 20.2 Å². The van der Waals surface area contributed by atoms with E-state index in [4.69, 9.17) is 25.4 Å². The van der Waals surface area contributed by atoms with E-state index in [1.54, 1.807) is 13.8 Å². The largest absolute Gasteiger partial charge is 0.453 e. The molecule has 17 heteroatoms. The summed E-state index contributed by atoms with van der Waals surface area (Å²) in [5, 5.41) is 16.1. The molecule has 1 aromatic heterocycles. The lowest BCUT2D eigenvalue weighted by molar-refractivity contribution is -0.118. The highest BCUT2D eigenvalue weighted by molar-refractivity contribution is 8.13. The van der Waals surface area contributed by atoms with Crippen molar-refractivity contribution in [1.82, 2.24) is 20.0 Å². The number of hydrogen-bond donors (Lipinski definition) is 4. The monoisotopic (exact) mass is 676 g/mol. The van der Waals surface area contributed by atoms with Crippen molar-refractivity contribution in [3.63, 3.8) is 0 Å². The summed E-state index contributed by atoms with van der Waals surface area (Å²) in [5.41, 5.74) is -1.35. The van der Waals surface area contributed by atoms with Gasteiger partial charge in [-0.1, -0.05) is 55.9 Å². The number of carbonyl (C=O) groups excluding carboxylic acids is 2. The van der Waals surface area contributed by atoms with Gasteiger partial charge in [-0.15, -0.1) is 11.6 Å². The summed E-state index contributed by atoms with van der Waals surface area (Å²) in [6.45, 7) is 4.80. The summed E-state index contributed by atoms with van der Waals surface area (Å²) >= 11 is 7.57. The van der Waals surface area contributed by atoms with Crippen LogP contribution in [-0.2, 0) is 34.4 Å². The van der Waals surface area contributed by atoms with Gasteiger partial charge < -0.3 is 19.9 Å². The number of ether oxygens (including phenoxy) is 2. The summed E-state index contributed by atoms with van der Waals surface area (Å²) in [4.78, 5) is 48.5. The number of H-pyrrole nitrogens is 1. The number of carbonyl (C=O) groups is 2. The molecule has 0 radical (unpaired) electrons. The van der Waals surface area contributed by atoms with E-state index in [1.807, 2.05) is 30.3 Å². The van der Waals surface area contributed by atoms with Crippen LogP contribution in [0.3, 0.4) is 0 Å². The number of rotatable bonds is 15. The molecule has 2 heterocycles. The molecule has 0 aliphatic carbocycles. The van der Waals surface area contributed by atoms with Crippen molar-refractivity contribution >= 4 is 42.3 Å². The molecule has 0 bridgehead atoms. The summed E-state index contributed by atoms with van der Waals surface area (Å²) in [5.74, 6) is 0.159. The summed E-state index contributed by atoms with van der Waals surface area (Å²) in [6, 6.07) is 10.2. The second-order valence-electron chi connectivity index (χ2n) is 10.8. The Kier molecular flexibility index (Phi) is 12.8. The van der Waals surface area contributed by atoms with Crippen LogP contribution in [0.5, 0.6) is 0 Å². The zero-order chi connectivity index (χ0) is 32.5. The number of amides is 1. The quantitative estimate of drug-likeness (QED) is 0.123. The molecule has 1 saturated heterocycles. The van der Waals surface area contributed by atoms with Crippen molar-refractivity contribution in [2.24, 2.45) is 5.41 Å². The van der Waals surface area contributed by atoms with Crippen molar-refractivity contribution in [2.45, 2.75) is 57.0 Å². The van der Waals surface area contributed by atoms with E-state index in [2.05, 4.69) is 20.1 Å². The Morgan fingerprint density at radius 3 is 2.59 bits per heavy atom. The van der Waals surface area contributed by atoms with Crippen molar-refractivity contribution in [1.29, 1.82) is 0 Å². The zero-order valence-corrected chi connectivity index (χ0v) is 27.3. The molecule has 44 heavy (non-hydrogen) atoms. The minimum atomic E-state index is -4.03. The lowest BCUT2D eigenvalue weighted by Gasteiger charge is -2.26. The van der Waals surface area contributed by atoms with Crippen LogP contribution in [0.15, 0.2) is 52.2 Å². The van der Waals surface area contributed by atoms with E-state index in [-0.39, 0.29) is 30.6 Å². The van der Waals surface area contributed by atoms with Crippen LogP contribution in [0.2, 0.25) is 0 Å². The van der Waals surface area contributed by atoms with E-state index < -0.39 is 60.4 Å². The average molecular weight is 677 g/mol. The molecule has 0 unspecified atom stereocenters. The molecule has 0 saturated carbocycles. The fourth-order valence-electron chi connectivity index (χ4n) is 4.19. The van der Waals surface area contributed by atoms with Gasteiger partial charge in [0.05, 0.1) is 20.3 Å². The number of methoxy groups -OCH3 is 1. The molecule has 5 atom stereocenters. The van der Waals surface area contributed by atoms with E-state index in [9.17, 15) is 28.8 Å². The molecule has 1 amide bonds. The summed E-state index contributed by atoms with van der Waals surface area (Å²) in [7, 11) is -2.78. The third-order valence-corrected chi connectivity index (χ3v) is 10.0. The van der Waals surface area contributed by atoms with Gasteiger partial charge in [0.15, 0.2) is 11.3 Å². The van der Waals surface area contributed by atoms with Crippen molar-refractivity contribution in [3.8, 4) is 0 Å². The third-order valence-electron chi connectivity index (χ3n) is 6.88. The van der Waals surface area contributed by atoms with E-state index in [0.717, 1.165) is 28.0 Å². The van der Waals surface area contributed by atoms with Crippen LogP contribution in [0, 0.1) is 5.41 Å². The number of alkyl carbamates (subject to hydrolysis) is 1. The minimum absolute atomic E-state index is 0.122. The average Bonchev–Trinajstić information content (AvgIpc) is 3.21. The second kappa shape index (κ2) is 15.7. The Morgan fingerprint density at radius 1 is 1.23 bits per heavy atom. The molecule has 3 rings (SSSR count). The van der Waals surface area contributed by atoms with Crippen molar-refractivity contribution in [3.05, 3.63) is 69.0 Å². The summed E-state index contributed by atoms with van der Waals surface area (Å²) < 4.78 is 36.5. The van der Waals surface area contributed by atoms with Gasteiger partial charge in [-0.25, -0.2) is 19.2 Å². The summed E-state index contributed by atoms with van der Waals surface area (Å²) in [6.07, 6.45) is -2.66. The smallest absolute Gasteiger partial charge is 0.406 e. The first kappa shape index (κ1) is 36.0. The molecule has 2 aromatic rings. The molecule has 0 spiro atoms. The van der Waals surface area contributed by atoms with Crippen molar-refractivity contribution in [2.75, 3.05) is 32.6 Å². The maximum absolute atomic E-state index is 13.8. The fraction of sp³-hybridized carbons (Fsp3) is 0.556. The van der Waals surface area contributed by atoms with E-state index >= 15 is 0 Å². The van der Waals surface area contributed by atoms with Crippen LogP contribution in [0.25, 0.3) is 0 Å². The topological polar surface area (TPSA) is 187 Å². The van der Waals surface area contributed by atoms with Crippen LogP contribution in [0.1, 0.15) is 39.0 Å². The number of nitrogens with zero attached hydrogens (tertiary/aromatic N) is 1. The Balaban J connectivity index is 1.63. The van der Waals surface area contributed by atoms with Gasteiger partial charge in [-0.3, -0.25) is 28.2 Å². The number of nitrogens with one attached hydrogen (secondary N) is 3. The maximum Gasteiger partial charge on any atom is 0.406 e. The lowest BCUT2D eigenvalue weighted by Crippen LogP contribution is -2.43. The molecular weight excluding hydrogens is 639 g/mol. The molecule has 14 nitrogen and oxygen atoms in total. The van der Waals surface area contributed by atoms with Crippen LogP contribution < -0.4 is 21.7 Å². The Labute approximate surface area is 263 Å². The molecule has 1 aliphatic rings. The molecule has 1 fully saturated rings. The third kappa shape index (κ3) is 9.75. The highest BCUT2D eigenvalue weighted by Gasteiger charge is 2.54. The standard InChI is InChI=1S/C27H38ClN4O10PS/c1-26(2,11-12-29-25(37)39-4)23(35)44-15-14-40-43(38,30-16-18-8-6-5-7-9-18)41-17-19-21(34)27(3,28)22(42-19)32-13-10-20(33)31-24(32)36/h5-10,13,19,21-22,34H,11-12,14-17H2,1-4H3,(H,29,37)(H,30,38)(H,31,33,36)/t19-,21-,22-,27-,43-/m1/s1. The molecule has 4 N–H and O–H groups in total. The fourth-order valence-corrected chi connectivity index (χ4v) is 6.76. The molecule has 1 aromatic carbocycles. The van der Waals surface area contributed by atoms with Gasteiger partial charge in [-0.05, 0) is 18.9 Å². The maximum atomic E-state index is 13.8. The van der Waals surface area contributed by atoms with Gasteiger partial charge in [-0.2, -0.15) is 0 Å². The predicted molar refractivity (Wildman–Crippen MR) is 165 cm³/mol. The van der Waals surface area contributed by atoms with Gasteiger partial charge >= 0.3 is 19.5 Å². The highest BCUT2D eigenvalue weighted by atomic mass is 35.5. The Morgan fingerprint density at radius 2 is 1.93 bits per heavy atom. The number of thioether (sulfide) groups is 1. The number of alkyl halides is 1. The molecule has 244 valence electrons. The van der Waals surface area contributed by atoms with Gasteiger partial charge in [0.2, 0.25) is 0 Å². The van der Waals surface area contributed by atoms with Gasteiger partial charge in [0, 0.05) is 36.5 Å². The molecule has 1 aliphatic heterocycles. The first-order valence-corrected chi connectivity index (χ1v) is 16.6. The van der Waals surface area contributed by atoms with Crippen molar-refractivity contribution < 1.29 is 37.8 Å². The van der Waals surface area contributed by atoms with E-state index in [0.29, 0.717) is 6.42 Å². The first-order valence-electron chi connectivity index (χ1n) is 13.7. The van der Waals surface area contributed by atoms with Crippen LogP contribution in [-0.4, -0.2) is 75.6 Å². The van der Waals surface area contributed by atoms with Gasteiger partial charge in [0.1, 0.15) is 17.1 Å². The predicted octanol–water partition coefficient (Wildman–Crippen LogP) is 2.76. The van der Waals surface area contributed by atoms with Crippen LogP contribution >= 0.6 is 31.1 Å².